The van der Waals surface area contributed by atoms with Gasteiger partial charge in [-0.1, -0.05) is 78.9 Å². The fourth-order valence-electron chi connectivity index (χ4n) is 6.21. The van der Waals surface area contributed by atoms with Gasteiger partial charge >= 0.3 is 5.97 Å². The Labute approximate surface area is 224 Å². The van der Waals surface area contributed by atoms with Gasteiger partial charge in [-0.05, 0) is 65.4 Å². The van der Waals surface area contributed by atoms with Crippen molar-refractivity contribution in [2.45, 2.75) is 38.3 Å². The average molecular weight is 507 g/mol. The van der Waals surface area contributed by atoms with Crippen LogP contribution in [0.1, 0.15) is 41.6 Å². The van der Waals surface area contributed by atoms with E-state index in [2.05, 4.69) is 35.2 Å². The van der Waals surface area contributed by atoms with Crippen molar-refractivity contribution in [3.63, 3.8) is 0 Å². The van der Waals surface area contributed by atoms with E-state index in [9.17, 15) is 9.59 Å². The number of rotatable bonds is 5. The molecule has 0 aliphatic carbocycles. The van der Waals surface area contributed by atoms with Crippen LogP contribution in [0.5, 0.6) is 0 Å². The molecule has 5 nitrogen and oxygen atoms in total. The fraction of sp³-hybridized carbons (Fsp3) is 0.333. The van der Waals surface area contributed by atoms with E-state index in [1.807, 2.05) is 59.5 Å². The minimum Gasteiger partial charge on any atom is -0.461 e. The lowest BCUT2D eigenvalue weighted by Crippen LogP contribution is -2.50. The summed E-state index contributed by atoms with van der Waals surface area (Å²) < 4.78 is 5.65. The standard InChI is InChI=1S/C33H34N2O3/c36-32(31-29-14-6-4-11-25(29)21-26-12-5-7-15-30(26)31)34-19-16-28(17-20-34)35-18-8-13-27(22-35)33(37)38-23-24-9-2-1-3-10-24/h1-7,9-12,14-15,21,27-28H,8,13,16-20,22-23H2. The Morgan fingerprint density at radius 2 is 1.39 bits per heavy atom. The molecule has 2 saturated heterocycles. The van der Waals surface area contributed by atoms with E-state index < -0.39 is 0 Å². The second kappa shape index (κ2) is 11.0. The van der Waals surface area contributed by atoms with Crippen LogP contribution in [0.25, 0.3) is 21.5 Å². The Morgan fingerprint density at radius 1 is 0.763 bits per heavy atom. The molecule has 2 fully saturated rings. The molecule has 0 spiro atoms. The summed E-state index contributed by atoms with van der Waals surface area (Å²) in [5.74, 6) is -0.0411. The van der Waals surface area contributed by atoms with Crippen molar-refractivity contribution in [3.8, 4) is 0 Å². The first-order valence-electron chi connectivity index (χ1n) is 13.8. The minimum atomic E-state index is -0.0889. The second-order valence-electron chi connectivity index (χ2n) is 10.6. The predicted octanol–water partition coefficient (Wildman–Crippen LogP) is 6.05. The van der Waals surface area contributed by atoms with Crippen molar-refractivity contribution in [3.05, 3.63) is 96.1 Å². The Morgan fingerprint density at radius 3 is 2.08 bits per heavy atom. The molecule has 38 heavy (non-hydrogen) atoms. The maximum Gasteiger partial charge on any atom is 0.310 e. The second-order valence-corrected chi connectivity index (χ2v) is 10.6. The average Bonchev–Trinajstić information content (AvgIpc) is 2.99. The molecule has 2 aliphatic rings. The van der Waals surface area contributed by atoms with Gasteiger partial charge in [0.2, 0.25) is 0 Å². The first-order chi connectivity index (χ1) is 18.7. The smallest absolute Gasteiger partial charge is 0.310 e. The van der Waals surface area contributed by atoms with Crippen molar-refractivity contribution < 1.29 is 14.3 Å². The van der Waals surface area contributed by atoms with Crippen LogP contribution in [0.4, 0.5) is 0 Å². The van der Waals surface area contributed by atoms with E-state index in [4.69, 9.17) is 4.74 Å². The van der Waals surface area contributed by atoms with E-state index in [1.54, 1.807) is 0 Å². The summed E-state index contributed by atoms with van der Waals surface area (Å²) in [4.78, 5) is 31.2. The van der Waals surface area contributed by atoms with Gasteiger partial charge in [-0.2, -0.15) is 0 Å². The molecule has 6 rings (SSSR count). The molecule has 2 aliphatic heterocycles. The lowest BCUT2D eigenvalue weighted by molar-refractivity contribution is -0.152. The van der Waals surface area contributed by atoms with Crippen LogP contribution in [0.15, 0.2) is 84.9 Å². The molecule has 1 atom stereocenters. The molecule has 4 aromatic carbocycles. The van der Waals surface area contributed by atoms with Gasteiger partial charge in [0.1, 0.15) is 6.61 Å². The van der Waals surface area contributed by atoms with Crippen LogP contribution in [0.3, 0.4) is 0 Å². The summed E-state index contributed by atoms with van der Waals surface area (Å²) in [6.45, 7) is 3.57. The number of piperidine rings is 2. The van der Waals surface area contributed by atoms with Crippen LogP contribution in [0, 0.1) is 5.92 Å². The molecule has 194 valence electrons. The van der Waals surface area contributed by atoms with Gasteiger partial charge in [0.15, 0.2) is 0 Å². The van der Waals surface area contributed by atoms with Gasteiger partial charge < -0.3 is 9.64 Å². The largest absolute Gasteiger partial charge is 0.461 e. The maximum atomic E-state index is 13.9. The third-order valence-corrected chi connectivity index (χ3v) is 8.26. The van der Waals surface area contributed by atoms with E-state index >= 15 is 0 Å². The zero-order chi connectivity index (χ0) is 25.9. The van der Waals surface area contributed by atoms with Gasteiger partial charge in [0, 0.05) is 25.7 Å². The minimum absolute atomic E-state index is 0.0748. The Balaban J connectivity index is 1.10. The molecular weight excluding hydrogens is 472 g/mol. The first-order valence-corrected chi connectivity index (χ1v) is 13.8. The zero-order valence-electron chi connectivity index (χ0n) is 21.7. The maximum absolute atomic E-state index is 13.9. The van der Waals surface area contributed by atoms with E-state index in [1.165, 1.54) is 0 Å². The molecule has 0 bridgehead atoms. The number of hydrogen-bond acceptors (Lipinski definition) is 4. The van der Waals surface area contributed by atoms with Gasteiger partial charge in [-0.25, -0.2) is 0 Å². The SMILES string of the molecule is O=C(OCc1ccccc1)C1CCCN(C2CCN(C(=O)c3c4ccccc4cc4ccccc34)CC2)C1. The summed E-state index contributed by atoms with van der Waals surface area (Å²) in [5.41, 5.74) is 1.83. The molecule has 5 heteroatoms. The monoisotopic (exact) mass is 506 g/mol. The molecule has 0 aromatic heterocycles. The Hall–Kier alpha value is -3.70. The zero-order valence-corrected chi connectivity index (χ0v) is 21.7. The van der Waals surface area contributed by atoms with E-state index in [0.29, 0.717) is 12.6 Å². The van der Waals surface area contributed by atoms with E-state index in [0.717, 1.165) is 84.5 Å². The number of nitrogens with zero attached hydrogens (tertiary/aromatic N) is 2. The predicted molar refractivity (Wildman–Crippen MR) is 151 cm³/mol. The van der Waals surface area contributed by atoms with Crippen LogP contribution in [0.2, 0.25) is 0 Å². The number of esters is 1. The number of hydrogen-bond donors (Lipinski definition) is 0. The Kier molecular flexibility index (Phi) is 7.10. The summed E-state index contributed by atoms with van der Waals surface area (Å²) in [7, 11) is 0. The highest BCUT2D eigenvalue weighted by molar-refractivity contribution is 6.18. The molecule has 0 N–H and O–H groups in total. The van der Waals surface area contributed by atoms with Crippen molar-refractivity contribution in [1.29, 1.82) is 0 Å². The lowest BCUT2D eigenvalue weighted by atomic mass is 9.92. The number of amides is 1. The highest BCUT2D eigenvalue weighted by Crippen LogP contribution is 2.31. The molecular formula is C33H34N2O3. The third-order valence-electron chi connectivity index (χ3n) is 8.26. The van der Waals surface area contributed by atoms with Gasteiger partial charge in [0.25, 0.3) is 5.91 Å². The van der Waals surface area contributed by atoms with E-state index in [-0.39, 0.29) is 17.8 Å². The van der Waals surface area contributed by atoms with Crippen LogP contribution < -0.4 is 0 Å². The number of ether oxygens (including phenoxy) is 1. The van der Waals surface area contributed by atoms with Gasteiger partial charge in [-0.3, -0.25) is 14.5 Å². The molecule has 1 amide bonds. The number of fused-ring (bicyclic) bond motifs is 2. The molecule has 1 unspecified atom stereocenters. The van der Waals surface area contributed by atoms with Crippen LogP contribution >= 0.6 is 0 Å². The van der Waals surface area contributed by atoms with Crippen LogP contribution in [-0.2, 0) is 16.1 Å². The molecule has 2 heterocycles. The summed E-state index contributed by atoms with van der Waals surface area (Å²) in [6.07, 6.45) is 3.75. The molecule has 4 aromatic rings. The quantitative estimate of drug-likeness (QED) is 0.244. The van der Waals surface area contributed by atoms with Gasteiger partial charge in [0.05, 0.1) is 11.5 Å². The summed E-state index contributed by atoms with van der Waals surface area (Å²) >= 11 is 0. The third kappa shape index (κ3) is 5.03. The summed E-state index contributed by atoms with van der Waals surface area (Å²) in [5, 5.41) is 4.24. The normalized spacial score (nSPS) is 19.1. The first kappa shape index (κ1) is 24.6. The Bertz CT molecular complexity index is 1390. The summed E-state index contributed by atoms with van der Waals surface area (Å²) in [6, 6.07) is 28.8. The molecule has 0 radical (unpaired) electrons. The van der Waals surface area contributed by atoms with Crippen molar-refractivity contribution in [2.75, 3.05) is 26.2 Å². The number of benzene rings is 4. The highest BCUT2D eigenvalue weighted by atomic mass is 16.5. The molecule has 0 saturated carbocycles. The van der Waals surface area contributed by atoms with Crippen LogP contribution in [-0.4, -0.2) is 53.9 Å². The van der Waals surface area contributed by atoms with Crippen molar-refractivity contribution >= 4 is 33.4 Å². The highest BCUT2D eigenvalue weighted by Gasteiger charge is 2.34. The topological polar surface area (TPSA) is 49.9 Å². The number of likely N-dealkylation sites (tertiary alicyclic amines) is 2. The fourth-order valence-corrected chi connectivity index (χ4v) is 6.21. The van der Waals surface area contributed by atoms with Gasteiger partial charge in [-0.15, -0.1) is 0 Å². The van der Waals surface area contributed by atoms with Crippen molar-refractivity contribution in [1.82, 2.24) is 9.80 Å². The van der Waals surface area contributed by atoms with Crippen molar-refractivity contribution in [2.24, 2.45) is 5.92 Å². The number of carbonyl (C=O) groups is 2. The number of carbonyl (C=O) groups excluding carboxylic acids is 2. The lowest BCUT2D eigenvalue weighted by Gasteiger charge is -2.42.